The lowest BCUT2D eigenvalue weighted by Crippen LogP contribution is -2.41. The minimum absolute atomic E-state index is 0.685. The normalized spacial score (nSPS) is 22.3. The molecule has 54 heavy (non-hydrogen) atoms. The van der Waals surface area contributed by atoms with E-state index in [0.29, 0.717) is 11.3 Å². The highest BCUT2D eigenvalue weighted by atomic mass is 35.5. The van der Waals surface area contributed by atoms with Crippen LogP contribution in [0.15, 0.2) is 78.9 Å². The average molecular weight is 748 g/mol. The van der Waals surface area contributed by atoms with Crippen LogP contribution in [0.4, 0.5) is 0 Å². The van der Waals surface area contributed by atoms with Gasteiger partial charge in [0.2, 0.25) is 0 Å². The summed E-state index contributed by atoms with van der Waals surface area (Å²) in [5.74, 6) is 2.29. The fourth-order valence-corrected chi connectivity index (χ4v) is 11.2. The SMILES string of the molecule is Clc1cc(/C=C/CN2CCC3(CCCCC3)CC2)ccc1C1CCCCC1.c1ccc(C2CCN(CCCc3ccc(C4CCCCC4)cc3)CC2)cc1. The standard InChI is InChI=1S/C26H35N.C25H36ClN/c1-3-9-23(10-4-1)25-15-13-22(14-16-25)8-7-19-27-20-17-26(18-21-27)24-11-5-2-6-12-24;26-24-20-21(11-12-23(24)22-9-3-1-4-10-22)8-7-17-27-18-15-25(16-19-27)13-5-2-6-14-25/h2,5-6,11-16,23,26H,1,3-4,7-10,17-21H2;7-8,11-12,20,22H,1-6,9-10,13-19H2/b;8-7+. The van der Waals surface area contributed by atoms with Gasteiger partial charge < -0.3 is 4.90 Å². The maximum absolute atomic E-state index is 6.63. The van der Waals surface area contributed by atoms with Crippen LogP contribution in [-0.4, -0.2) is 49.1 Å². The molecule has 0 bridgehead atoms. The molecule has 0 aromatic heterocycles. The van der Waals surface area contributed by atoms with E-state index >= 15 is 0 Å². The molecular formula is C51H71ClN2. The molecular weight excluding hydrogens is 676 g/mol. The largest absolute Gasteiger partial charge is 0.303 e. The smallest absolute Gasteiger partial charge is 0.0446 e. The molecule has 2 heterocycles. The number of aryl methyl sites for hydroxylation is 1. The van der Waals surface area contributed by atoms with Crippen molar-refractivity contribution in [3.05, 3.63) is 112 Å². The Morgan fingerprint density at radius 1 is 0.574 bits per heavy atom. The van der Waals surface area contributed by atoms with Gasteiger partial charge in [0.15, 0.2) is 0 Å². The first kappa shape index (κ1) is 39.8. The molecule has 292 valence electrons. The van der Waals surface area contributed by atoms with E-state index in [1.54, 1.807) is 5.56 Å². The van der Waals surface area contributed by atoms with Gasteiger partial charge in [0, 0.05) is 11.6 Å². The van der Waals surface area contributed by atoms with Crippen molar-refractivity contribution in [2.75, 3.05) is 39.3 Å². The van der Waals surface area contributed by atoms with Crippen molar-refractivity contribution < 1.29 is 0 Å². The predicted molar refractivity (Wildman–Crippen MR) is 233 cm³/mol. The second kappa shape index (κ2) is 20.7. The summed E-state index contributed by atoms with van der Waals surface area (Å²) in [6, 6.07) is 27.4. The van der Waals surface area contributed by atoms with Gasteiger partial charge in [0.25, 0.3) is 0 Å². The number of rotatable bonds is 10. The molecule has 0 atom stereocenters. The third-order valence-corrected chi connectivity index (χ3v) is 14.8. The maximum atomic E-state index is 6.63. The van der Waals surface area contributed by atoms with E-state index in [9.17, 15) is 0 Å². The van der Waals surface area contributed by atoms with Gasteiger partial charge >= 0.3 is 0 Å². The molecule has 3 aromatic rings. The second-order valence-corrected chi connectivity index (χ2v) is 18.5. The molecule has 0 amide bonds. The summed E-state index contributed by atoms with van der Waals surface area (Å²) in [5, 5.41) is 0.973. The molecule has 2 aliphatic heterocycles. The summed E-state index contributed by atoms with van der Waals surface area (Å²) in [4.78, 5) is 5.31. The Kier molecular flexibility index (Phi) is 15.3. The number of hydrogen-bond donors (Lipinski definition) is 0. The van der Waals surface area contributed by atoms with Gasteiger partial charge in [-0.2, -0.15) is 0 Å². The molecule has 8 rings (SSSR count). The molecule has 2 saturated heterocycles. The number of hydrogen-bond acceptors (Lipinski definition) is 2. The predicted octanol–water partition coefficient (Wildman–Crippen LogP) is 14.0. The maximum Gasteiger partial charge on any atom is 0.0446 e. The van der Waals surface area contributed by atoms with Crippen molar-refractivity contribution in [1.82, 2.24) is 9.80 Å². The van der Waals surface area contributed by atoms with E-state index in [-0.39, 0.29) is 0 Å². The summed E-state index contributed by atoms with van der Waals surface area (Å²) >= 11 is 6.63. The topological polar surface area (TPSA) is 6.48 Å². The van der Waals surface area contributed by atoms with Crippen molar-refractivity contribution in [2.24, 2.45) is 5.41 Å². The zero-order chi connectivity index (χ0) is 36.8. The minimum atomic E-state index is 0.685. The first-order valence-corrected chi connectivity index (χ1v) is 23.0. The van der Waals surface area contributed by atoms with Gasteiger partial charge in [0.1, 0.15) is 0 Å². The van der Waals surface area contributed by atoms with Crippen LogP contribution in [-0.2, 0) is 6.42 Å². The number of nitrogens with zero attached hydrogens (tertiary/aromatic N) is 2. The lowest BCUT2D eigenvalue weighted by molar-refractivity contribution is 0.0738. The second-order valence-electron chi connectivity index (χ2n) is 18.1. The summed E-state index contributed by atoms with van der Waals surface area (Å²) in [6.45, 7) is 7.43. The van der Waals surface area contributed by atoms with Crippen LogP contribution in [0.25, 0.3) is 6.08 Å². The molecule has 3 aliphatic carbocycles. The lowest BCUT2D eigenvalue weighted by Gasteiger charge is -2.44. The van der Waals surface area contributed by atoms with Gasteiger partial charge in [-0.05, 0) is 167 Å². The van der Waals surface area contributed by atoms with E-state index in [0.717, 1.165) is 23.4 Å². The van der Waals surface area contributed by atoms with Gasteiger partial charge in [-0.3, -0.25) is 4.90 Å². The van der Waals surface area contributed by atoms with Crippen LogP contribution in [0.2, 0.25) is 5.02 Å². The summed E-state index contributed by atoms with van der Waals surface area (Å²) in [6.07, 6.45) is 33.8. The third-order valence-electron chi connectivity index (χ3n) is 14.4. The monoisotopic (exact) mass is 747 g/mol. The zero-order valence-electron chi connectivity index (χ0n) is 33.7. The number of piperidine rings is 2. The fraction of sp³-hybridized carbons (Fsp3) is 0.608. The Hall–Kier alpha value is -2.39. The molecule has 0 unspecified atom stereocenters. The Morgan fingerprint density at radius 3 is 1.85 bits per heavy atom. The quantitative estimate of drug-likeness (QED) is 0.204. The van der Waals surface area contributed by atoms with Crippen LogP contribution < -0.4 is 0 Å². The van der Waals surface area contributed by atoms with E-state index in [1.807, 2.05) is 0 Å². The highest BCUT2D eigenvalue weighted by Gasteiger charge is 2.35. The number of halogens is 1. The number of benzene rings is 3. The molecule has 0 radical (unpaired) electrons. The van der Waals surface area contributed by atoms with E-state index in [4.69, 9.17) is 11.6 Å². The molecule has 0 N–H and O–H groups in total. The van der Waals surface area contributed by atoms with E-state index in [2.05, 4.69) is 94.7 Å². The van der Waals surface area contributed by atoms with Crippen molar-refractivity contribution >= 4 is 17.7 Å². The zero-order valence-corrected chi connectivity index (χ0v) is 34.4. The van der Waals surface area contributed by atoms with Gasteiger partial charge in [-0.25, -0.2) is 0 Å². The molecule has 1 spiro atoms. The molecule has 5 fully saturated rings. The first-order chi connectivity index (χ1) is 26.6. The van der Waals surface area contributed by atoms with Crippen LogP contribution in [0, 0.1) is 5.41 Å². The Balaban J connectivity index is 0.000000167. The van der Waals surface area contributed by atoms with Gasteiger partial charge in [-0.15, -0.1) is 0 Å². The van der Waals surface area contributed by atoms with Crippen molar-refractivity contribution in [3.63, 3.8) is 0 Å². The minimum Gasteiger partial charge on any atom is -0.303 e. The van der Waals surface area contributed by atoms with Gasteiger partial charge in [-0.1, -0.05) is 148 Å². The van der Waals surface area contributed by atoms with Crippen molar-refractivity contribution in [1.29, 1.82) is 0 Å². The highest BCUT2D eigenvalue weighted by Crippen LogP contribution is 2.44. The number of likely N-dealkylation sites (tertiary alicyclic amines) is 2. The summed E-state index contributed by atoms with van der Waals surface area (Å²) in [5.41, 5.74) is 7.98. The van der Waals surface area contributed by atoms with Gasteiger partial charge in [0.05, 0.1) is 0 Å². The molecule has 3 saturated carbocycles. The molecule has 5 aliphatic rings. The average Bonchev–Trinajstić information content (AvgIpc) is 3.24. The van der Waals surface area contributed by atoms with Crippen LogP contribution in [0.3, 0.4) is 0 Å². The Labute approximate surface area is 335 Å². The summed E-state index contributed by atoms with van der Waals surface area (Å²) < 4.78 is 0. The Morgan fingerprint density at radius 2 is 1.19 bits per heavy atom. The highest BCUT2D eigenvalue weighted by molar-refractivity contribution is 6.31. The van der Waals surface area contributed by atoms with E-state index < -0.39 is 0 Å². The molecule has 2 nitrogen and oxygen atoms in total. The van der Waals surface area contributed by atoms with Crippen LogP contribution >= 0.6 is 11.6 Å². The fourth-order valence-electron chi connectivity index (χ4n) is 10.9. The van der Waals surface area contributed by atoms with Crippen LogP contribution in [0.1, 0.15) is 174 Å². The van der Waals surface area contributed by atoms with Crippen molar-refractivity contribution in [2.45, 2.75) is 153 Å². The van der Waals surface area contributed by atoms with Crippen molar-refractivity contribution in [3.8, 4) is 0 Å². The van der Waals surface area contributed by atoms with Crippen LogP contribution in [0.5, 0.6) is 0 Å². The molecule has 3 aromatic carbocycles. The molecule has 3 heteroatoms. The third kappa shape index (κ3) is 11.6. The summed E-state index contributed by atoms with van der Waals surface area (Å²) in [7, 11) is 0. The first-order valence-electron chi connectivity index (χ1n) is 22.7. The lowest BCUT2D eigenvalue weighted by atomic mass is 9.68. The Bertz CT molecular complexity index is 1530. The van der Waals surface area contributed by atoms with E-state index in [1.165, 1.54) is 190 Å².